The van der Waals surface area contributed by atoms with Gasteiger partial charge in [0.1, 0.15) is 0 Å². The Morgan fingerprint density at radius 2 is 1.90 bits per heavy atom. The Hall–Kier alpha value is -0.570. The van der Waals surface area contributed by atoms with E-state index in [1.807, 2.05) is 6.07 Å². The molecule has 20 heavy (non-hydrogen) atoms. The van der Waals surface area contributed by atoms with Gasteiger partial charge in [-0.15, -0.1) is 0 Å². The molecule has 0 amide bonds. The summed E-state index contributed by atoms with van der Waals surface area (Å²) in [6, 6.07) is 6.95. The molecule has 0 bridgehead atoms. The molecule has 1 fully saturated rings. The van der Waals surface area contributed by atoms with E-state index in [2.05, 4.69) is 22.3 Å². The Balaban J connectivity index is 1.36. The van der Waals surface area contributed by atoms with Crippen LogP contribution in [0.3, 0.4) is 0 Å². The van der Waals surface area contributed by atoms with Crippen LogP contribution in [0.1, 0.15) is 36.8 Å². The summed E-state index contributed by atoms with van der Waals surface area (Å²) in [6.45, 7) is 5.03. The van der Waals surface area contributed by atoms with Crippen LogP contribution < -0.4 is 5.32 Å². The third-order valence-electron chi connectivity index (χ3n) is 4.63. The lowest BCUT2D eigenvalue weighted by Crippen LogP contribution is -2.35. The molecule has 1 unspecified atom stereocenters. The molecule has 1 aromatic carbocycles. The van der Waals surface area contributed by atoms with Crippen molar-refractivity contribution in [1.82, 2.24) is 10.2 Å². The maximum Gasteiger partial charge on any atom is 0.0408 e. The van der Waals surface area contributed by atoms with Gasteiger partial charge in [0.25, 0.3) is 0 Å². The van der Waals surface area contributed by atoms with Crippen molar-refractivity contribution in [2.75, 3.05) is 26.2 Å². The molecule has 110 valence electrons. The van der Waals surface area contributed by atoms with Crippen molar-refractivity contribution in [2.45, 2.75) is 44.6 Å². The van der Waals surface area contributed by atoms with E-state index in [9.17, 15) is 0 Å². The van der Waals surface area contributed by atoms with Crippen LogP contribution in [-0.4, -0.2) is 37.1 Å². The molecule has 1 aliphatic carbocycles. The second-order valence-corrected chi connectivity index (χ2v) is 6.66. The molecule has 1 heterocycles. The third-order valence-corrected chi connectivity index (χ3v) is 4.87. The van der Waals surface area contributed by atoms with Crippen molar-refractivity contribution in [3.8, 4) is 0 Å². The smallest absolute Gasteiger partial charge is 0.0408 e. The molecule has 3 rings (SSSR count). The average molecular weight is 293 g/mol. The molecule has 2 nitrogen and oxygen atoms in total. The largest absolute Gasteiger partial charge is 0.313 e. The lowest BCUT2D eigenvalue weighted by Gasteiger charge is -2.26. The van der Waals surface area contributed by atoms with Crippen LogP contribution in [0.5, 0.6) is 0 Å². The monoisotopic (exact) mass is 292 g/mol. The van der Waals surface area contributed by atoms with Crippen molar-refractivity contribution in [2.24, 2.45) is 0 Å². The summed E-state index contributed by atoms with van der Waals surface area (Å²) in [5.41, 5.74) is 2.91. The van der Waals surface area contributed by atoms with Crippen LogP contribution in [0.15, 0.2) is 18.2 Å². The van der Waals surface area contributed by atoms with Crippen molar-refractivity contribution in [3.63, 3.8) is 0 Å². The topological polar surface area (TPSA) is 15.3 Å². The van der Waals surface area contributed by atoms with E-state index in [-0.39, 0.29) is 0 Å². The highest BCUT2D eigenvalue weighted by Crippen LogP contribution is 2.25. The Labute approximate surface area is 127 Å². The first kappa shape index (κ1) is 14.4. The van der Waals surface area contributed by atoms with E-state index < -0.39 is 0 Å². The summed E-state index contributed by atoms with van der Waals surface area (Å²) in [5, 5.41) is 4.59. The van der Waals surface area contributed by atoms with Crippen LogP contribution in [0.25, 0.3) is 0 Å². The minimum atomic E-state index is 0.616. The predicted octanol–water partition coefficient (Wildman–Crippen LogP) is 3.27. The highest BCUT2D eigenvalue weighted by molar-refractivity contribution is 6.30. The van der Waals surface area contributed by atoms with Crippen LogP contribution in [0.2, 0.25) is 5.02 Å². The van der Waals surface area contributed by atoms with E-state index in [0.717, 1.165) is 24.4 Å². The number of hydrogen-bond donors (Lipinski definition) is 1. The second-order valence-electron chi connectivity index (χ2n) is 6.23. The number of fused-ring (bicyclic) bond motifs is 1. The molecule has 0 aromatic heterocycles. The molecule has 1 atom stereocenters. The summed E-state index contributed by atoms with van der Waals surface area (Å²) in [5.74, 6) is 0. The van der Waals surface area contributed by atoms with Gasteiger partial charge < -0.3 is 10.2 Å². The van der Waals surface area contributed by atoms with Crippen molar-refractivity contribution >= 4 is 11.6 Å². The van der Waals surface area contributed by atoms with E-state index in [4.69, 9.17) is 11.6 Å². The lowest BCUT2D eigenvalue weighted by atomic mass is 10.1. The quantitative estimate of drug-likeness (QED) is 0.838. The molecule has 0 spiro atoms. The molecule has 0 radical (unpaired) electrons. The van der Waals surface area contributed by atoms with Crippen LogP contribution >= 0.6 is 11.6 Å². The fourth-order valence-electron chi connectivity index (χ4n) is 3.52. The van der Waals surface area contributed by atoms with E-state index in [0.29, 0.717) is 6.04 Å². The Morgan fingerprint density at radius 3 is 2.75 bits per heavy atom. The van der Waals surface area contributed by atoms with Crippen molar-refractivity contribution < 1.29 is 0 Å². The second kappa shape index (κ2) is 6.93. The minimum absolute atomic E-state index is 0.616. The van der Waals surface area contributed by atoms with Crippen LogP contribution in [0, 0.1) is 0 Å². The minimum Gasteiger partial charge on any atom is -0.313 e. The number of rotatable bonds is 5. The summed E-state index contributed by atoms with van der Waals surface area (Å²) in [6.07, 6.45) is 7.79. The summed E-state index contributed by atoms with van der Waals surface area (Å²) in [4.78, 5) is 2.62. The molecule has 0 saturated carbocycles. The van der Waals surface area contributed by atoms with E-state index in [1.165, 1.54) is 56.4 Å². The van der Waals surface area contributed by atoms with Crippen LogP contribution in [-0.2, 0) is 12.8 Å². The van der Waals surface area contributed by atoms with Gasteiger partial charge in [0.05, 0.1) is 0 Å². The molecular weight excluding hydrogens is 268 g/mol. The summed E-state index contributed by atoms with van der Waals surface area (Å²) in [7, 11) is 0. The zero-order chi connectivity index (χ0) is 13.8. The maximum atomic E-state index is 6.06. The van der Waals surface area contributed by atoms with Crippen molar-refractivity contribution in [1.29, 1.82) is 0 Å². The number of halogens is 1. The molecule has 2 aliphatic rings. The van der Waals surface area contributed by atoms with Gasteiger partial charge >= 0.3 is 0 Å². The number of nitrogens with one attached hydrogen (secondary N) is 1. The fraction of sp³-hybridized carbons (Fsp3) is 0.647. The highest BCUT2D eigenvalue weighted by atomic mass is 35.5. The molecule has 1 aromatic rings. The number of hydrogen-bond acceptors (Lipinski definition) is 2. The number of nitrogens with zero attached hydrogens (tertiary/aromatic N) is 1. The third kappa shape index (κ3) is 3.75. The van der Waals surface area contributed by atoms with E-state index >= 15 is 0 Å². The van der Waals surface area contributed by atoms with Gasteiger partial charge in [-0.3, -0.25) is 0 Å². The first-order valence-corrected chi connectivity index (χ1v) is 8.42. The summed E-state index contributed by atoms with van der Waals surface area (Å²) < 4.78 is 0. The van der Waals surface area contributed by atoms with Gasteiger partial charge in [-0.1, -0.05) is 24.1 Å². The predicted molar refractivity (Wildman–Crippen MR) is 85.6 cm³/mol. The zero-order valence-corrected chi connectivity index (χ0v) is 13.0. The van der Waals surface area contributed by atoms with Gasteiger partial charge in [0.15, 0.2) is 0 Å². The number of piperidine rings is 1. The standard InChI is InChI=1S/C17H25ClN2/c18-16-6-5-14-12-17(13-15(14)11-16)19-7-4-10-20-8-2-1-3-9-20/h5-6,11,17,19H,1-4,7-10,12-13H2. The van der Waals surface area contributed by atoms with Crippen molar-refractivity contribution in [3.05, 3.63) is 34.3 Å². The van der Waals surface area contributed by atoms with Gasteiger partial charge in [-0.2, -0.15) is 0 Å². The van der Waals surface area contributed by atoms with Crippen LogP contribution in [0.4, 0.5) is 0 Å². The molecule has 3 heteroatoms. The van der Waals surface area contributed by atoms with Gasteiger partial charge in [0, 0.05) is 11.1 Å². The SMILES string of the molecule is Clc1ccc2c(c1)CC(NCCCN1CCCCC1)C2. The van der Waals surface area contributed by atoms with E-state index in [1.54, 1.807) is 0 Å². The normalized spacial score (nSPS) is 22.9. The lowest BCUT2D eigenvalue weighted by molar-refractivity contribution is 0.225. The average Bonchev–Trinajstić information content (AvgIpc) is 2.86. The first-order chi connectivity index (χ1) is 9.81. The molecule has 1 N–H and O–H groups in total. The Morgan fingerprint density at radius 1 is 1.10 bits per heavy atom. The first-order valence-electron chi connectivity index (χ1n) is 8.04. The van der Waals surface area contributed by atoms with Gasteiger partial charge in [-0.25, -0.2) is 0 Å². The number of benzene rings is 1. The number of likely N-dealkylation sites (tertiary alicyclic amines) is 1. The zero-order valence-electron chi connectivity index (χ0n) is 12.2. The Kier molecular flexibility index (Phi) is 4.98. The molecular formula is C17H25ClN2. The molecule has 1 aliphatic heterocycles. The summed E-state index contributed by atoms with van der Waals surface area (Å²) >= 11 is 6.06. The molecule has 1 saturated heterocycles. The highest BCUT2D eigenvalue weighted by Gasteiger charge is 2.20. The van der Waals surface area contributed by atoms with Gasteiger partial charge in [0.2, 0.25) is 0 Å². The Bertz CT molecular complexity index is 441. The fourth-order valence-corrected chi connectivity index (χ4v) is 3.72. The maximum absolute atomic E-state index is 6.06. The van der Waals surface area contributed by atoms with Gasteiger partial charge in [-0.05, 0) is 81.5 Å².